The topological polar surface area (TPSA) is 40.0 Å². The molecule has 0 aliphatic rings. The summed E-state index contributed by atoms with van der Waals surface area (Å²) >= 11 is 1.67. The van der Waals surface area contributed by atoms with Crippen molar-refractivity contribution in [1.82, 2.24) is 0 Å². The maximum atomic E-state index is 5.59. The summed E-state index contributed by atoms with van der Waals surface area (Å²) in [6.45, 7) is 5.28. The number of amidine groups is 1. The number of rotatable bonds is 4. The van der Waals surface area contributed by atoms with E-state index in [9.17, 15) is 0 Å². The molecule has 0 radical (unpaired) electrons. The SMILES string of the molecule is CCCC[NH+]=C(N)SCC. The van der Waals surface area contributed by atoms with E-state index in [4.69, 9.17) is 5.73 Å². The molecule has 0 aromatic heterocycles. The monoisotopic (exact) mass is 161 g/mol. The lowest BCUT2D eigenvalue weighted by Gasteiger charge is -1.90. The van der Waals surface area contributed by atoms with Crippen LogP contribution in [0.3, 0.4) is 0 Å². The van der Waals surface area contributed by atoms with Gasteiger partial charge in [-0.3, -0.25) is 10.7 Å². The third-order valence-electron chi connectivity index (χ3n) is 1.13. The Morgan fingerprint density at radius 3 is 2.70 bits per heavy atom. The van der Waals surface area contributed by atoms with E-state index in [1.807, 2.05) is 0 Å². The Morgan fingerprint density at radius 2 is 2.20 bits per heavy atom. The molecular weight excluding hydrogens is 144 g/mol. The van der Waals surface area contributed by atoms with Gasteiger partial charge in [0.25, 0.3) is 0 Å². The summed E-state index contributed by atoms with van der Waals surface area (Å²) in [4.78, 5) is 3.14. The van der Waals surface area contributed by atoms with Gasteiger partial charge >= 0.3 is 5.17 Å². The fraction of sp³-hybridized carbons (Fsp3) is 0.857. The van der Waals surface area contributed by atoms with Gasteiger partial charge in [-0.05, 0) is 18.2 Å². The fourth-order valence-corrected chi connectivity index (χ4v) is 1.11. The van der Waals surface area contributed by atoms with E-state index in [0.29, 0.717) is 0 Å². The van der Waals surface area contributed by atoms with Gasteiger partial charge in [0.2, 0.25) is 0 Å². The summed E-state index contributed by atoms with van der Waals surface area (Å²) in [5.74, 6) is 1.05. The Bertz CT molecular complexity index is 102. The van der Waals surface area contributed by atoms with Crippen LogP contribution in [-0.2, 0) is 0 Å². The maximum absolute atomic E-state index is 5.59. The van der Waals surface area contributed by atoms with Crippen LogP contribution in [0.4, 0.5) is 0 Å². The first kappa shape index (κ1) is 9.82. The van der Waals surface area contributed by atoms with Crippen molar-refractivity contribution in [2.24, 2.45) is 5.73 Å². The van der Waals surface area contributed by atoms with E-state index in [0.717, 1.165) is 17.5 Å². The molecule has 10 heavy (non-hydrogen) atoms. The van der Waals surface area contributed by atoms with Gasteiger partial charge in [0.15, 0.2) is 0 Å². The Balaban J connectivity index is 3.28. The average Bonchev–Trinajstić information content (AvgIpc) is 1.89. The van der Waals surface area contributed by atoms with Crippen LogP contribution < -0.4 is 10.7 Å². The number of thioether (sulfide) groups is 1. The minimum absolute atomic E-state index is 0.857. The van der Waals surface area contributed by atoms with E-state index < -0.39 is 0 Å². The predicted octanol–water partition coefficient (Wildman–Crippen LogP) is -0.0651. The first-order chi connectivity index (χ1) is 4.81. The van der Waals surface area contributed by atoms with Crippen LogP contribution in [0.15, 0.2) is 0 Å². The van der Waals surface area contributed by atoms with Crippen molar-refractivity contribution < 1.29 is 4.99 Å². The molecule has 0 aromatic rings. The van der Waals surface area contributed by atoms with E-state index in [-0.39, 0.29) is 0 Å². The quantitative estimate of drug-likeness (QED) is 0.344. The van der Waals surface area contributed by atoms with Crippen LogP contribution in [0, 0.1) is 0 Å². The Morgan fingerprint density at radius 1 is 1.50 bits per heavy atom. The molecule has 0 aliphatic heterocycles. The highest BCUT2D eigenvalue weighted by Gasteiger charge is 1.94. The van der Waals surface area contributed by atoms with Crippen molar-refractivity contribution in [3.8, 4) is 0 Å². The highest BCUT2D eigenvalue weighted by atomic mass is 32.2. The Kier molecular flexibility index (Phi) is 6.81. The number of hydrogen-bond donors (Lipinski definition) is 2. The fourth-order valence-electron chi connectivity index (χ4n) is 0.595. The third-order valence-corrected chi connectivity index (χ3v) is 1.87. The summed E-state index contributed by atoms with van der Waals surface area (Å²) in [5, 5.41) is 0.857. The highest BCUT2D eigenvalue weighted by Crippen LogP contribution is 1.90. The number of nitrogens with one attached hydrogen (secondary N) is 1. The van der Waals surface area contributed by atoms with Crippen molar-refractivity contribution in [2.75, 3.05) is 12.3 Å². The van der Waals surface area contributed by atoms with Crippen molar-refractivity contribution in [2.45, 2.75) is 26.7 Å². The lowest BCUT2D eigenvalue weighted by atomic mass is 10.3. The second-order valence-electron chi connectivity index (χ2n) is 2.08. The van der Waals surface area contributed by atoms with Gasteiger partial charge in [-0.2, -0.15) is 0 Å². The number of unbranched alkanes of at least 4 members (excludes halogenated alkanes) is 1. The predicted molar refractivity (Wildman–Crippen MR) is 48.1 cm³/mol. The summed E-state index contributed by atoms with van der Waals surface area (Å²) in [6, 6.07) is 0. The normalized spacial score (nSPS) is 12.0. The van der Waals surface area contributed by atoms with Crippen molar-refractivity contribution in [3.63, 3.8) is 0 Å². The average molecular weight is 161 g/mol. The van der Waals surface area contributed by atoms with Crippen LogP contribution >= 0.6 is 11.8 Å². The minimum atomic E-state index is 0.857. The first-order valence-corrected chi connectivity index (χ1v) is 4.78. The number of nitrogens with two attached hydrogens (primary N) is 1. The van der Waals surface area contributed by atoms with Gasteiger partial charge in [0.05, 0.1) is 6.54 Å². The molecule has 3 heteroatoms. The molecule has 0 rings (SSSR count). The second-order valence-corrected chi connectivity index (χ2v) is 3.38. The van der Waals surface area contributed by atoms with Gasteiger partial charge in [-0.15, -0.1) is 0 Å². The number of hydrogen-bond acceptors (Lipinski definition) is 1. The first-order valence-electron chi connectivity index (χ1n) is 3.80. The summed E-state index contributed by atoms with van der Waals surface area (Å²) in [6.07, 6.45) is 2.42. The van der Waals surface area contributed by atoms with Gasteiger partial charge in [-0.1, -0.05) is 20.3 Å². The lowest BCUT2D eigenvalue weighted by molar-refractivity contribution is -0.455. The smallest absolute Gasteiger partial charge is 0.282 e. The third kappa shape index (κ3) is 5.95. The van der Waals surface area contributed by atoms with Crippen LogP contribution in [0.2, 0.25) is 0 Å². The molecule has 0 fully saturated rings. The Labute approximate surface area is 67.3 Å². The molecule has 0 atom stereocenters. The zero-order valence-corrected chi connectivity index (χ0v) is 7.63. The minimum Gasteiger partial charge on any atom is -0.282 e. The molecule has 0 aromatic carbocycles. The van der Waals surface area contributed by atoms with E-state index in [1.165, 1.54) is 12.8 Å². The molecule has 0 amide bonds. The largest absolute Gasteiger partial charge is 0.301 e. The van der Waals surface area contributed by atoms with E-state index in [1.54, 1.807) is 11.8 Å². The molecule has 60 valence electrons. The molecule has 3 N–H and O–H groups in total. The molecule has 0 saturated carbocycles. The zero-order chi connectivity index (χ0) is 7.82. The lowest BCUT2D eigenvalue weighted by Crippen LogP contribution is -2.74. The second kappa shape index (κ2) is 6.93. The van der Waals surface area contributed by atoms with Crippen LogP contribution in [0.5, 0.6) is 0 Å². The molecule has 0 spiro atoms. The molecule has 0 unspecified atom stereocenters. The highest BCUT2D eigenvalue weighted by molar-refractivity contribution is 8.13. The van der Waals surface area contributed by atoms with Crippen molar-refractivity contribution in [3.05, 3.63) is 0 Å². The van der Waals surface area contributed by atoms with Crippen molar-refractivity contribution in [1.29, 1.82) is 0 Å². The maximum Gasteiger partial charge on any atom is 0.301 e. The van der Waals surface area contributed by atoms with E-state index >= 15 is 0 Å². The standard InChI is InChI=1S/C7H16N2S/c1-3-5-6-9-7(8)10-4-2/h3-6H2,1-2H3,(H2,8,9)/p+1. The van der Waals surface area contributed by atoms with Gasteiger partial charge in [-0.25, -0.2) is 0 Å². The Hall–Kier alpha value is -0.180. The van der Waals surface area contributed by atoms with Gasteiger partial charge in [0, 0.05) is 5.75 Å². The molecule has 0 aliphatic carbocycles. The molecular formula is C7H17N2S+. The summed E-state index contributed by atoms with van der Waals surface area (Å²) in [5.41, 5.74) is 5.59. The molecule has 0 heterocycles. The van der Waals surface area contributed by atoms with Crippen LogP contribution in [0.25, 0.3) is 0 Å². The van der Waals surface area contributed by atoms with Gasteiger partial charge < -0.3 is 0 Å². The van der Waals surface area contributed by atoms with E-state index in [2.05, 4.69) is 18.8 Å². The van der Waals surface area contributed by atoms with Crippen LogP contribution in [0.1, 0.15) is 26.7 Å². The summed E-state index contributed by atoms with van der Waals surface area (Å²) in [7, 11) is 0. The molecule has 0 saturated heterocycles. The molecule has 0 bridgehead atoms. The summed E-state index contributed by atoms with van der Waals surface area (Å²) < 4.78 is 0. The van der Waals surface area contributed by atoms with Crippen molar-refractivity contribution >= 4 is 16.9 Å². The van der Waals surface area contributed by atoms with Gasteiger partial charge in [0.1, 0.15) is 0 Å². The zero-order valence-electron chi connectivity index (χ0n) is 6.81. The molecule has 2 nitrogen and oxygen atoms in total. The van der Waals surface area contributed by atoms with Crippen LogP contribution in [-0.4, -0.2) is 17.5 Å².